The lowest BCUT2D eigenvalue weighted by Crippen LogP contribution is -2.18. The van der Waals surface area contributed by atoms with E-state index in [2.05, 4.69) is 16.8 Å². The van der Waals surface area contributed by atoms with Gasteiger partial charge in [-0.15, -0.1) is 11.3 Å². The molecule has 1 nitrogen and oxygen atoms in total. The van der Waals surface area contributed by atoms with Gasteiger partial charge in [0.1, 0.15) is 5.82 Å². The summed E-state index contributed by atoms with van der Waals surface area (Å²) in [5.41, 5.74) is 0.640. The Bertz CT molecular complexity index is 499. The third-order valence-corrected chi connectivity index (χ3v) is 4.11. The standard InChI is InChI=1S/C14H15ClFNS/c1-17-14(7-5-11-3-2-8-18-11)12-9-10(15)4-6-13(12)16/h2-4,6,8-9,14,17H,5,7H2,1H3. The monoisotopic (exact) mass is 283 g/mol. The van der Waals surface area contributed by atoms with Crippen LogP contribution in [0.4, 0.5) is 4.39 Å². The molecule has 0 aliphatic rings. The van der Waals surface area contributed by atoms with Gasteiger partial charge >= 0.3 is 0 Å². The average molecular weight is 284 g/mol. The molecular weight excluding hydrogens is 269 g/mol. The van der Waals surface area contributed by atoms with E-state index in [1.54, 1.807) is 23.5 Å². The number of rotatable bonds is 5. The Balaban J connectivity index is 2.10. The number of thiophene rings is 1. The topological polar surface area (TPSA) is 12.0 Å². The highest BCUT2D eigenvalue weighted by atomic mass is 35.5. The van der Waals surface area contributed by atoms with Crippen LogP contribution in [0.1, 0.15) is 22.9 Å². The Labute approximate surface area is 116 Å². The van der Waals surface area contributed by atoms with Crippen molar-refractivity contribution in [3.63, 3.8) is 0 Å². The van der Waals surface area contributed by atoms with Crippen molar-refractivity contribution in [1.82, 2.24) is 5.32 Å². The molecule has 1 aromatic carbocycles. The number of aryl methyl sites for hydroxylation is 1. The lowest BCUT2D eigenvalue weighted by atomic mass is 10.0. The highest BCUT2D eigenvalue weighted by Crippen LogP contribution is 2.25. The zero-order valence-electron chi connectivity index (χ0n) is 10.1. The van der Waals surface area contributed by atoms with E-state index in [1.807, 2.05) is 13.1 Å². The van der Waals surface area contributed by atoms with Crippen LogP contribution in [-0.4, -0.2) is 7.05 Å². The summed E-state index contributed by atoms with van der Waals surface area (Å²) in [6.07, 6.45) is 1.80. The molecule has 18 heavy (non-hydrogen) atoms. The van der Waals surface area contributed by atoms with Crippen LogP contribution < -0.4 is 5.32 Å². The van der Waals surface area contributed by atoms with Crippen LogP contribution in [0.2, 0.25) is 5.02 Å². The summed E-state index contributed by atoms with van der Waals surface area (Å²) in [5.74, 6) is -0.204. The lowest BCUT2D eigenvalue weighted by Gasteiger charge is -2.17. The maximum atomic E-state index is 13.8. The van der Waals surface area contributed by atoms with Gasteiger partial charge in [-0.3, -0.25) is 0 Å². The molecule has 4 heteroatoms. The van der Waals surface area contributed by atoms with Crippen LogP contribution in [-0.2, 0) is 6.42 Å². The zero-order chi connectivity index (χ0) is 13.0. The van der Waals surface area contributed by atoms with Crippen molar-refractivity contribution in [2.24, 2.45) is 0 Å². The first kappa shape index (κ1) is 13.5. The molecule has 0 saturated carbocycles. The predicted octanol–water partition coefficient (Wildman–Crippen LogP) is 4.43. The molecule has 2 aromatic rings. The predicted molar refractivity (Wildman–Crippen MR) is 75.9 cm³/mol. The Morgan fingerprint density at radius 3 is 2.89 bits per heavy atom. The van der Waals surface area contributed by atoms with Gasteiger partial charge in [-0.1, -0.05) is 17.7 Å². The van der Waals surface area contributed by atoms with Crippen molar-refractivity contribution in [1.29, 1.82) is 0 Å². The quantitative estimate of drug-likeness (QED) is 0.856. The van der Waals surface area contributed by atoms with Crippen LogP contribution in [0.3, 0.4) is 0 Å². The van der Waals surface area contributed by atoms with Crippen molar-refractivity contribution in [2.45, 2.75) is 18.9 Å². The van der Waals surface area contributed by atoms with Gasteiger partial charge in [0.15, 0.2) is 0 Å². The fourth-order valence-electron chi connectivity index (χ4n) is 1.98. The highest BCUT2D eigenvalue weighted by Gasteiger charge is 2.14. The molecule has 0 saturated heterocycles. The second-order valence-corrected chi connectivity index (χ2v) is 5.59. The van der Waals surface area contributed by atoms with E-state index in [4.69, 9.17) is 11.6 Å². The highest BCUT2D eigenvalue weighted by molar-refractivity contribution is 7.09. The summed E-state index contributed by atoms with van der Waals surface area (Å²) in [6.45, 7) is 0. The van der Waals surface area contributed by atoms with E-state index in [1.165, 1.54) is 10.9 Å². The van der Waals surface area contributed by atoms with Gasteiger partial charge in [0.2, 0.25) is 0 Å². The van der Waals surface area contributed by atoms with Crippen LogP contribution in [0, 0.1) is 5.82 Å². The van der Waals surface area contributed by atoms with Crippen LogP contribution in [0.15, 0.2) is 35.7 Å². The van der Waals surface area contributed by atoms with Crippen LogP contribution >= 0.6 is 22.9 Å². The third kappa shape index (κ3) is 3.31. The first-order chi connectivity index (χ1) is 8.70. The summed E-state index contributed by atoms with van der Waals surface area (Å²) < 4.78 is 13.8. The summed E-state index contributed by atoms with van der Waals surface area (Å²) in [5, 5.41) is 5.79. The molecule has 0 aliphatic carbocycles. The number of halogens is 2. The minimum Gasteiger partial charge on any atom is -0.313 e. The van der Waals surface area contributed by atoms with Crippen LogP contribution in [0.25, 0.3) is 0 Å². The first-order valence-electron chi connectivity index (χ1n) is 5.85. The molecule has 0 fully saturated rings. The number of nitrogens with one attached hydrogen (secondary N) is 1. The molecule has 0 amide bonds. The van der Waals surface area contributed by atoms with E-state index in [9.17, 15) is 4.39 Å². The summed E-state index contributed by atoms with van der Waals surface area (Å²) in [4.78, 5) is 1.32. The van der Waals surface area contributed by atoms with E-state index in [0.29, 0.717) is 10.6 Å². The fourth-order valence-corrected chi connectivity index (χ4v) is 2.88. The molecular formula is C14H15ClFNS. The van der Waals surface area contributed by atoms with Crippen molar-refractivity contribution in [3.8, 4) is 0 Å². The molecule has 1 N–H and O–H groups in total. The fraction of sp³-hybridized carbons (Fsp3) is 0.286. The number of benzene rings is 1. The first-order valence-corrected chi connectivity index (χ1v) is 7.11. The smallest absolute Gasteiger partial charge is 0.128 e. The van der Waals surface area contributed by atoms with Gasteiger partial charge < -0.3 is 5.32 Å². The van der Waals surface area contributed by atoms with Crippen molar-refractivity contribution in [2.75, 3.05) is 7.05 Å². The van der Waals surface area contributed by atoms with E-state index < -0.39 is 0 Å². The maximum Gasteiger partial charge on any atom is 0.128 e. The second-order valence-electron chi connectivity index (χ2n) is 4.13. The molecule has 1 aromatic heterocycles. The zero-order valence-corrected chi connectivity index (χ0v) is 11.7. The maximum absolute atomic E-state index is 13.8. The van der Waals surface area contributed by atoms with E-state index in [-0.39, 0.29) is 11.9 Å². The minimum absolute atomic E-state index is 0.00852. The summed E-state index contributed by atoms with van der Waals surface area (Å²) in [6, 6.07) is 8.83. The molecule has 1 unspecified atom stereocenters. The van der Waals surface area contributed by atoms with Gasteiger partial charge in [0.25, 0.3) is 0 Å². The van der Waals surface area contributed by atoms with E-state index >= 15 is 0 Å². The largest absolute Gasteiger partial charge is 0.313 e. The van der Waals surface area contributed by atoms with E-state index in [0.717, 1.165) is 12.8 Å². The SMILES string of the molecule is CNC(CCc1cccs1)c1cc(Cl)ccc1F. The van der Waals surface area contributed by atoms with Crippen molar-refractivity contribution in [3.05, 3.63) is 57.0 Å². The van der Waals surface area contributed by atoms with Crippen LogP contribution in [0.5, 0.6) is 0 Å². The number of hydrogen-bond acceptors (Lipinski definition) is 2. The van der Waals surface area contributed by atoms with Gasteiger partial charge in [0, 0.05) is 21.5 Å². The molecule has 0 spiro atoms. The average Bonchev–Trinajstić information content (AvgIpc) is 2.87. The minimum atomic E-state index is -0.204. The van der Waals surface area contributed by atoms with Gasteiger partial charge in [-0.25, -0.2) is 4.39 Å². The Morgan fingerprint density at radius 1 is 1.39 bits per heavy atom. The normalized spacial score (nSPS) is 12.6. The molecule has 2 rings (SSSR count). The molecule has 0 aliphatic heterocycles. The molecule has 0 radical (unpaired) electrons. The Morgan fingerprint density at radius 2 is 2.22 bits per heavy atom. The van der Waals surface area contributed by atoms with Gasteiger partial charge in [0.05, 0.1) is 0 Å². The third-order valence-electron chi connectivity index (χ3n) is 2.94. The lowest BCUT2D eigenvalue weighted by molar-refractivity contribution is 0.510. The van der Waals surface area contributed by atoms with Crippen molar-refractivity contribution >= 4 is 22.9 Å². The molecule has 1 atom stereocenters. The second kappa shape index (κ2) is 6.32. The summed E-state index contributed by atoms with van der Waals surface area (Å²) >= 11 is 7.66. The van der Waals surface area contributed by atoms with Gasteiger partial charge in [-0.2, -0.15) is 0 Å². The molecule has 96 valence electrons. The molecule has 0 bridgehead atoms. The Kier molecular flexibility index (Phi) is 4.75. The van der Waals surface area contributed by atoms with Gasteiger partial charge in [-0.05, 0) is 49.5 Å². The number of hydrogen-bond donors (Lipinski definition) is 1. The van der Waals surface area contributed by atoms with Crippen molar-refractivity contribution < 1.29 is 4.39 Å². The Hall–Kier alpha value is -0.900. The summed E-state index contributed by atoms with van der Waals surface area (Å²) in [7, 11) is 1.85. The molecule has 1 heterocycles.